The van der Waals surface area contributed by atoms with Crippen LogP contribution < -0.4 is 19.1 Å². The van der Waals surface area contributed by atoms with E-state index in [9.17, 15) is 13.2 Å². The van der Waals surface area contributed by atoms with Crippen LogP contribution in [0.1, 0.15) is 19.4 Å². The number of hydrogen-bond donors (Lipinski definition) is 1. The van der Waals surface area contributed by atoms with Crippen molar-refractivity contribution < 1.29 is 22.7 Å². The Labute approximate surface area is 158 Å². The molecule has 27 heavy (non-hydrogen) atoms. The quantitative estimate of drug-likeness (QED) is 0.820. The molecule has 1 atom stereocenters. The molecule has 0 fully saturated rings. The lowest BCUT2D eigenvalue weighted by Crippen LogP contribution is -2.45. The number of carbonyl (C=O) groups is 1. The van der Waals surface area contributed by atoms with Crippen molar-refractivity contribution in [2.24, 2.45) is 0 Å². The molecule has 0 aromatic heterocycles. The maximum absolute atomic E-state index is 12.7. The summed E-state index contributed by atoms with van der Waals surface area (Å²) in [6, 6.07) is 11.2. The van der Waals surface area contributed by atoms with Gasteiger partial charge in [-0.25, -0.2) is 8.42 Å². The minimum atomic E-state index is -3.66. The zero-order valence-corrected chi connectivity index (χ0v) is 16.2. The maximum atomic E-state index is 12.7. The van der Waals surface area contributed by atoms with Gasteiger partial charge in [0, 0.05) is 11.8 Å². The van der Waals surface area contributed by atoms with E-state index in [1.807, 2.05) is 19.1 Å². The van der Waals surface area contributed by atoms with Crippen molar-refractivity contribution in [2.75, 3.05) is 22.7 Å². The summed E-state index contributed by atoms with van der Waals surface area (Å²) in [4.78, 5) is 12.7. The van der Waals surface area contributed by atoms with Gasteiger partial charge in [-0.15, -0.1) is 0 Å². The fourth-order valence-electron chi connectivity index (χ4n) is 2.91. The van der Waals surface area contributed by atoms with Crippen LogP contribution in [0.2, 0.25) is 0 Å². The topological polar surface area (TPSA) is 84.9 Å². The van der Waals surface area contributed by atoms with Crippen molar-refractivity contribution >= 4 is 27.3 Å². The largest absolute Gasteiger partial charge is 0.454 e. The number of nitrogens with zero attached hydrogens (tertiary/aromatic N) is 1. The normalized spacial score (nSPS) is 13.9. The molecule has 1 aliphatic heterocycles. The van der Waals surface area contributed by atoms with Crippen LogP contribution in [0.3, 0.4) is 0 Å². The van der Waals surface area contributed by atoms with Crippen molar-refractivity contribution in [3.63, 3.8) is 0 Å². The molecule has 2 aromatic carbocycles. The molecule has 1 heterocycles. The van der Waals surface area contributed by atoms with E-state index in [4.69, 9.17) is 9.47 Å². The first kappa shape index (κ1) is 19.0. The molecule has 3 rings (SSSR count). The summed E-state index contributed by atoms with van der Waals surface area (Å²) in [5.41, 5.74) is 2.04. The van der Waals surface area contributed by atoms with E-state index in [1.54, 1.807) is 37.3 Å². The van der Waals surface area contributed by atoms with Gasteiger partial charge in [0.25, 0.3) is 0 Å². The van der Waals surface area contributed by atoms with Crippen LogP contribution in [0.5, 0.6) is 11.5 Å². The zero-order valence-electron chi connectivity index (χ0n) is 15.4. The Morgan fingerprint density at radius 2 is 1.81 bits per heavy atom. The molecule has 1 aliphatic rings. The Kier molecular flexibility index (Phi) is 5.27. The number of fused-ring (bicyclic) bond motifs is 1. The molecule has 0 unspecified atom stereocenters. The summed E-state index contributed by atoms with van der Waals surface area (Å²) in [5, 5.41) is 2.74. The number of anilines is 2. The predicted molar refractivity (Wildman–Crippen MR) is 104 cm³/mol. The average Bonchev–Trinajstić information content (AvgIpc) is 3.09. The fourth-order valence-corrected chi connectivity index (χ4v) is 4.08. The highest BCUT2D eigenvalue weighted by molar-refractivity contribution is 7.92. The van der Waals surface area contributed by atoms with E-state index in [1.165, 1.54) is 0 Å². The molecule has 0 bridgehead atoms. The van der Waals surface area contributed by atoms with E-state index >= 15 is 0 Å². The average molecular weight is 390 g/mol. The first-order chi connectivity index (χ1) is 12.8. The lowest BCUT2D eigenvalue weighted by Gasteiger charge is -2.28. The number of rotatable bonds is 6. The van der Waals surface area contributed by atoms with E-state index in [0.29, 0.717) is 22.9 Å². The van der Waals surface area contributed by atoms with Gasteiger partial charge in [0.05, 0.1) is 11.9 Å². The first-order valence-electron chi connectivity index (χ1n) is 8.58. The molecular formula is C19H22N2O5S. The van der Waals surface area contributed by atoms with Gasteiger partial charge in [-0.2, -0.15) is 0 Å². The van der Waals surface area contributed by atoms with Crippen molar-refractivity contribution in [2.45, 2.75) is 26.3 Å². The van der Waals surface area contributed by atoms with Gasteiger partial charge in [0.15, 0.2) is 11.5 Å². The third-order valence-electron chi connectivity index (χ3n) is 4.33. The van der Waals surface area contributed by atoms with E-state index in [0.717, 1.165) is 22.5 Å². The SMILES string of the molecule is CCc1ccc(N([C@H](C)C(=O)Nc2ccc3c(c2)OCO3)S(C)(=O)=O)cc1. The van der Waals surface area contributed by atoms with Gasteiger partial charge in [-0.3, -0.25) is 9.10 Å². The summed E-state index contributed by atoms with van der Waals surface area (Å²) in [7, 11) is -3.66. The Bertz CT molecular complexity index is 941. The number of amides is 1. The van der Waals surface area contributed by atoms with Crippen molar-refractivity contribution in [1.29, 1.82) is 0 Å². The molecule has 2 aromatic rings. The van der Waals surface area contributed by atoms with Crippen LogP contribution in [-0.4, -0.2) is 33.4 Å². The second-order valence-corrected chi connectivity index (χ2v) is 8.17. The van der Waals surface area contributed by atoms with Gasteiger partial charge in [-0.05, 0) is 43.2 Å². The highest BCUT2D eigenvalue weighted by Crippen LogP contribution is 2.34. The molecule has 0 saturated heterocycles. The van der Waals surface area contributed by atoms with Crippen LogP contribution in [-0.2, 0) is 21.2 Å². The molecule has 0 saturated carbocycles. The number of nitrogens with one attached hydrogen (secondary N) is 1. The van der Waals surface area contributed by atoms with Crippen LogP contribution >= 0.6 is 0 Å². The van der Waals surface area contributed by atoms with Crippen LogP contribution in [0.4, 0.5) is 11.4 Å². The molecule has 8 heteroatoms. The third-order valence-corrected chi connectivity index (χ3v) is 5.57. The van der Waals surface area contributed by atoms with Crippen molar-refractivity contribution in [3.8, 4) is 11.5 Å². The summed E-state index contributed by atoms with van der Waals surface area (Å²) >= 11 is 0. The molecule has 1 amide bonds. The fraction of sp³-hybridized carbons (Fsp3) is 0.316. The second kappa shape index (κ2) is 7.48. The molecule has 7 nitrogen and oxygen atoms in total. The minimum absolute atomic E-state index is 0.138. The lowest BCUT2D eigenvalue weighted by atomic mass is 10.1. The molecule has 0 spiro atoms. The van der Waals surface area contributed by atoms with Crippen LogP contribution in [0, 0.1) is 0 Å². The van der Waals surface area contributed by atoms with Gasteiger partial charge in [-0.1, -0.05) is 19.1 Å². The Morgan fingerprint density at radius 3 is 2.44 bits per heavy atom. The number of benzene rings is 2. The van der Waals surface area contributed by atoms with Crippen molar-refractivity contribution in [1.82, 2.24) is 0 Å². The molecule has 1 N–H and O–H groups in total. The molecule has 0 radical (unpaired) electrons. The highest BCUT2D eigenvalue weighted by Gasteiger charge is 2.29. The minimum Gasteiger partial charge on any atom is -0.454 e. The van der Waals surface area contributed by atoms with E-state index in [-0.39, 0.29) is 6.79 Å². The molecule has 144 valence electrons. The third kappa shape index (κ3) is 4.16. The summed E-state index contributed by atoms with van der Waals surface area (Å²) in [6.45, 7) is 3.71. The molecular weight excluding hydrogens is 368 g/mol. The van der Waals surface area contributed by atoms with Gasteiger partial charge in [0.1, 0.15) is 6.04 Å². The number of aryl methyl sites for hydroxylation is 1. The number of hydrogen-bond acceptors (Lipinski definition) is 5. The van der Waals surface area contributed by atoms with Gasteiger partial charge < -0.3 is 14.8 Å². The number of sulfonamides is 1. The molecule has 0 aliphatic carbocycles. The van der Waals surface area contributed by atoms with Gasteiger partial charge in [0.2, 0.25) is 22.7 Å². The second-order valence-electron chi connectivity index (χ2n) is 6.31. The monoisotopic (exact) mass is 390 g/mol. The summed E-state index contributed by atoms with van der Waals surface area (Å²) in [6.07, 6.45) is 1.93. The van der Waals surface area contributed by atoms with Gasteiger partial charge >= 0.3 is 0 Å². The van der Waals surface area contributed by atoms with Crippen LogP contribution in [0.15, 0.2) is 42.5 Å². The maximum Gasteiger partial charge on any atom is 0.247 e. The van der Waals surface area contributed by atoms with Crippen molar-refractivity contribution in [3.05, 3.63) is 48.0 Å². The Balaban J connectivity index is 1.82. The van der Waals surface area contributed by atoms with E-state index < -0.39 is 22.0 Å². The lowest BCUT2D eigenvalue weighted by molar-refractivity contribution is -0.116. The number of carbonyl (C=O) groups excluding carboxylic acids is 1. The van der Waals surface area contributed by atoms with Crippen LogP contribution in [0.25, 0.3) is 0 Å². The summed E-state index contributed by atoms with van der Waals surface area (Å²) in [5.74, 6) is 0.698. The Morgan fingerprint density at radius 1 is 1.15 bits per heavy atom. The van der Waals surface area contributed by atoms with E-state index in [2.05, 4.69) is 5.32 Å². The number of ether oxygens (including phenoxy) is 2. The predicted octanol–water partition coefficient (Wildman–Crippen LogP) is 2.77. The Hall–Kier alpha value is -2.74. The summed E-state index contributed by atoms with van der Waals surface area (Å²) < 4.78 is 36.4. The smallest absolute Gasteiger partial charge is 0.247 e. The standard InChI is InChI=1S/C19H22N2O5S/c1-4-14-5-8-16(9-6-14)21(27(3,23)24)13(2)19(22)20-15-7-10-17-18(11-15)26-12-25-17/h5-11,13H,4,12H2,1-3H3,(H,20,22)/t13-/m1/s1. The highest BCUT2D eigenvalue weighted by atomic mass is 32.2. The zero-order chi connectivity index (χ0) is 19.6. The first-order valence-corrected chi connectivity index (χ1v) is 10.4.